The maximum atomic E-state index is 4.35. The van der Waals surface area contributed by atoms with Crippen molar-refractivity contribution in [3.05, 3.63) is 11.3 Å². The molecule has 0 aromatic heterocycles. The van der Waals surface area contributed by atoms with Crippen LogP contribution in [0.2, 0.25) is 0 Å². The SMILES string of the molecule is CCN(C=NC(C)=C(C)C)CC. The highest BCUT2D eigenvalue weighted by molar-refractivity contribution is 5.56. The van der Waals surface area contributed by atoms with Gasteiger partial charge in [0.1, 0.15) is 0 Å². The van der Waals surface area contributed by atoms with Gasteiger partial charge in [0.2, 0.25) is 0 Å². The third kappa shape index (κ3) is 4.16. The average molecular weight is 168 g/mol. The molecule has 0 amide bonds. The molecule has 0 rings (SSSR count). The Bertz CT molecular complexity index is 172. The lowest BCUT2D eigenvalue weighted by atomic mass is 10.3. The maximum Gasteiger partial charge on any atom is 0.0907 e. The van der Waals surface area contributed by atoms with E-state index in [-0.39, 0.29) is 0 Å². The van der Waals surface area contributed by atoms with E-state index < -0.39 is 0 Å². The molecule has 0 bridgehead atoms. The molecule has 0 aliphatic heterocycles. The highest BCUT2D eigenvalue weighted by atomic mass is 15.1. The van der Waals surface area contributed by atoms with E-state index in [4.69, 9.17) is 0 Å². The molecule has 12 heavy (non-hydrogen) atoms. The molecule has 0 saturated heterocycles. The zero-order chi connectivity index (χ0) is 9.56. The van der Waals surface area contributed by atoms with Gasteiger partial charge < -0.3 is 4.90 Å². The van der Waals surface area contributed by atoms with E-state index in [0.717, 1.165) is 18.8 Å². The van der Waals surface area contributed by atoms with Crippen molar-refractivity contribution in [2.24, 2.45) is 4.99 Å². The Labute approximate surface area is 76.0 Å². The molecule has 0 aromatic rings. The predicted octanol–water partition coefficient (Wildman–Crippen LogP) is 2.67. The Morgan fingerprint density at radius 2 is 1.67 bits per heavy atom. The van der Waals surface area contributed by atoms with Crippen LogP contribution in [0.15, 0.2) is 16.3 Å². The second kappa shape index (κ2) is 5.81. The Morgan fingerprint density at radius 1 is 1.17 bits per heavy atom. The van der Waals surface area contributed by atoms with Gasteiger partial charge in [0.25, 0.3) is 0 Å². The van der Waals surface area contributed by atoms with Crippen LogP contribution in [0.5, 0.6) is 0 Å². The lowest BCUT2D eigenvalue weighted by Gasteiger charge is -2.13. The normalized spacial score (nSPS) is 10.4. The number of aliphatic imine (C=N–C) groups is 1. The van der Waals surface area contributed by atoms with Crippen LogP contribution >= 0.6 is 0 Å². The zero-order valence-corrected chi connectivity index (χ0v) is 8.89. The molecule has 0 aliphatic carbocycles. The van der Waals surface area contributed by atoms with Gasteiger partial charge in [-0.3, -0.25) is 0 Å². The second-order valence-corrected chi connectivity index (χ2v) is 3.05. The van der Waals surface area contributed by atoms with Crippen LogP contribution in [-0.2, 0) is 0 Å². The smallest absolute Gasteiger partial charge is 0.0907 e. The standard InChI is InChI=1S/C10H20N2/c1-6-12(7-2)8-11-10(5)9(3)4/h8H,6-7H2,1-5H3. The zero-order valence-electron chi connectivity index (χ0n) is 8.89. The van der Waals surface area contributed by atoms with E-state index in [0.29, 0.717) is 0 Å². The van der Waals surface area contributed by atoms with Crippen molar-refractivity contribution in [3.8, 4) is 0 Å². The first-order valence-corrected chi connectivity index (χ1v) is 4.54. The van der Waals surface area contributed by atoms with Crippen LogP contribution < -0.4 is 0 Å². The van der Waals surface area contributed by atoms with Gasteiger partial charge in [-0.25, -0.2) is 4.99 Å². The van der Waals surface area contributed by atoms with Gasteiger partial charge >= 0.3 is 0 Å². The molecule has 0 aromatic carbocycles. The molecule has 0 unspecified atom stereocenters. The summed E-state index contributed by atoms with van der Waals surface area (Å²) in [5.41, 5.74) is 2.39. The third-order valence-corrected chi connectivity index (χ3v) is 1.95. The third-order valence-electron chi connectivity index (χ3n) is 1.95. The molecule has 0 radical (unpaired) electrons. The number of hydrogen-bond donors (Lipinski definition) is 0. The number of rotatable bonds is 4. The second-order valence-electron chi connectivity index (χ2n) is 3.05. The summed E-state index contributed by atoms with van der Waals surface area (Å²) in [5, 5.41) is 0. The van der Waals surface area contributed by atoms with E-state index in [2.05, 4.69) is 37.6 Å². The summed E-state index contributed by atoms with van der Waals surface area (Å²) in [5.74, 6) is 0. The summed E-state index contributed by atoms with van der Waals surface area (Å²) in [6.07, 6.45) is 1.92. The number of allylic oxidation sites excluding steroid dienone is 2. The van der Waals surface area contributed by atoms with Crippen molar-refractivity contribution in [2.45, 2.75) is 34.6 Å². The minimum atomic E-state index is 1.02. The van der Waals surface area contributed by atoms with Crippen LogP contribution in [-0.4, -0.2) is 24.3 Å². The first kappa shape index (κ1) is 11.2. The minimum Gasteiger partial charge on any atom is -0.363 e. The summed E-state index contributed by atoms with van der Waals surface area (Å²) < 4.78 is 0. The fourth-order valence-corrected chi connectivity index (χ4v) is 0.684. The van der Waals surface area contributed by atoms with Gasteiger partial charge in [0.05, 0.1) is 6.34 Å². The lowest BCUT2D eigenvalue weighted by molar-refractivity contribution is 0.479. The minimum absolute atomic E-state index is 1.02. The Kier molecular flexibility index (Phi) is 5.43. The van der Waals surface area contributed by atoms with Gasteiger partial charge in [0, 0.05) is 18.8 Å². The predicted molar refractivity (Wildman–Crippen MR) is 55.5 cm³/mol. The molecule has 0 spiro atoms. The Hall–Kier alpha value is -0.790. The lowest BCUT2D eigenvalue weighted by Crippen LogP contribution is -2.20. The van der Waals surface area contributed by atoms with Crippen LogP contribution in [0.25, 0.3) is 0 Å². The fraction of sp³-hybridized carbons (Fsp3) is 0.700. The van der Waals surface area contributed by atoms with E-state index in [1.807, 2.05) is 13.3 Å². The van der Waals surface area contributed by atoms with Gasteiger partial charge in [-0.2, -0.15) is 0 Å². The van der Waals surface area contributed by atoms with Crippen molar-refractivity contribution in [1.82, 2.24) is 4.90 Å². The average Bonchev–Trinajstić information content (AvgIpc) is 2.05. The summed E-state index contributed by atoms with van der Waals surface area (Å²) in [4.78, 5) is 6.52. The summed E-state index contributed by atoms with van der Waals surface area (Å²) in [6.45, 7) is 12.5. The van der Waals surface area contributed by atoms with Crippen LogP contribution in [0.3, 0.4) is 0 Å². The monoisotopic (exact) mass is 168 g/mol. The van der Waals surface area contributed by atoms with Crippen molar-refractivity contribution >= 4 is 6.34 Å². The first-order valence-electron chi connectivity index (χ1n) is 4.54. The van der Waals surface area contributed by atoms with E-state index in [1.54, 1.807) is 0 Å². The van der Waals surface area contributed by atoms with Crippen LogP contribution in [0, 0.1) is 0 Å². The van der Waals surface area contributed by atoms with Gasteiger partial charge in [-0.05, 0) is 34.6 Å². The van der Waals surface area contributed by atoms with Crippen molar-refractivity contribution < 1.29 is 0 Å². The highest BCUT2D eigenvalue weighted by Crippen LogP contribution is 2.02. The summed E-state index contributed by atoms with van der Waals surface area (Å²) in [6, 6.07) is 0. The van der Waals surface area contributed by atoms with Crippen molar-refractivity contribution in [1.29, 1.82) is 0 Å². The molecule has 2 heteroatoms. The molecular weight excluding hydrogens is 148 g/mol. The summed E-state index contributed by atoms with van der Waals surface area (Å²) in [7, 11) is 0. The molecule has 0 heterocycles. The van der Waals surface area contributed by atoms with E-state index in [1.165, 1.54) is 5.57 Å². The molecular formula is C10H20N2. The molecule has 0 saturated carbocycles. The van der Waals surface area contributed by atoms with Gasteiger partial charge in [0.15, 0.2) is 0 Å². The van der Waals surface area contributed by atoms with Crippen LogP contribution in [0.1, 0.15) is 34.6 Å². The fourth-order valence-electron chi connectivity index (χ4n) is 0.684. The molecule has 0 N–H and O–H groups in total. The highest BCUT2D eigenvalue weighted by Gasteiger charge is 1.91. The largest absolute Gasteiger partial charge is 0.363 e. The van der Waals surface area contributed by atoms with E-state index in [9.17, 15) is 0 Å². The first-order chi connectivity index (χ1) is 5.61. The van der Waals surface area contributed by atoms with Gasteiger partial charge in [-0.15, -0.1) is 0 Å². The summed E-state index contributed by atoms with van der Waals surface area (Å²) >= 11 is 0. The van der Waals surface area contributed by atoms with Crippen molar-refractivity contribution in [2.75, 3.05) is 13.1 Å². The van der Waals surface area contributed by atoms with Crippen molar-refractivity contribution in [3.63, 3.8) is 0 Å². The molecule has 2 nitrogen and oxygen atoms in total. The molecule has 0 fully saturated rings. The maximum absolute atomic E-state index is 4.35. The number of hydrogen-bond acceptors (Lipinski definition) is 1. The number of nitrogens with zero attached hydrogens (tertiary/aromatic N) is 2. The Balaban J connectivity index is 4.13. The Morgan fingerprint density at radius 3 is 2.00 bits per heavy atom. The molecule has 70 valence electrons. The quantitative estimate of drug-likeness (QED) is 0.465. The van der Waals surface area contributed by atoms with Crippen LogP contribution in [0.4, 0.5) is 0 Å². The molecule has 0 aliphatic rings. The molecule has 0 atom stereocenters. The topological polar surface area (TPSA) is 15.6 Å². The van der Waals surface area contributed by atoms with Gasteiger partial charge in [-0.1, -0.05) is 5.57 Å². The van der Waals surface area contributed by atoms with E-state index >= 15 is 0 Å².